The zero-order valence-corrected chi connectivity index (χ0v) is 13.9. The molecule has 1 fully saturated rings. The fourth-order valence-corrected chi connectivity index (χ4v) is 2.64. The summed E-state index contributed by atoms with van der Waals surface area (Å²) in [4.78, 5) is 0. The van der Waals surface area contributed by atoms with Crippen molar-refractivity contribution in [3.05, 3.63) is 29.8 Å². The Labute approximate surface area is 130 Å². The predicted octanol–water partition coefficient (Wildman–Crippen LogP) is 3.54. The number of benzene rings is 1. The molecule has 1 aromatic rings. The molecule has 1 aliphatic carbocycles. The lowest BCUT2D eigenvalue weighted by Gasteiger charge is -2.37. The lowest BCUT2D eigenvalue weighted by atomic mass is 9.80. The van der Waals surface area contributed by atoms with Gasteiger partial charge in [0, 0.05) is 0 Å². The van der Waals surface area contributed by atoms with Gasteiger partial charge in [-0.15, -0.1) is 0 Å². The van der Waals surface area contributed by atoms with Crippen molar-refractivity contribution in [1.82, 2.24) is 0 Å². The molecule has 0 atom stereocenters. The first-order chi connectivity index (χ1) is 9.79. The Balaban J connectivity index is 1.93. The van der Waals surface area contributed by atoms with E-state index < -0.39 is 11.2 Å². The second kappa shape index (κ2) is 6.54. The molecule has 3 heteroatoms. The van der Waals surface area contributed by atoms with Gasteiger partial charge in [0.15, 0.2) is 0 Å². The van der Waals surface area contributed by atoms with Crippen LogP contribution in [0.5, 0.6) is 0 Å². The van der Waals surface area contributed by atoms with Crippen LogP contribution in [0.1, 0.15) is 71.3 Å². The van der Waals surface area contributed by atoms with Gasteiger partial charge in [-0.2, -0.15) is 0 Å². The van der Waals surface area contributed by atoms with Crippen molar-refractivity contribution in [3.63, 3.8) is 0 Å². The fraction of sp³-hybridized carbons (Fsp3) is 0.667. The molecule has 0 spiro atoms. The molecule has 0 aliphatic heterocycles. The summed E-state index contributed by atoms with van der Waals surface area (Å²) in [5.74, 6) is 0.738. The van der Waals surface area contributed by atoms with Gasteiger partial charge < -0.3 is 9.76 Å². The van der Waals surface area contributed by atoms with Crippen LogP contribution in [0.15, 0.2) is 24.3 Å². The number of rotatable bonds is 5. The third-order valence-corrected chi connectivity index (χ3v) is 4.98. The summed E-state index contributed by atoms with van der Waals surface area (Å²) in [5, 5.41) is 10.1. The summed E-state index contributed by atoms with van der Waals surface area (Å²) in [6.07, 6.45) is 6.77. The molecule has 1 aliphatic rings. The van der Waals surface area contributed by atoms with Gasteiger partial charge in [0.25, 0.3) is 0 Å². The van der Waals surface area contributed by atoms with Crippen molar-refractivity contribution in [2.45, 2.75) is 76.9 Å². The average molecular weight is 287 g/mol. The largest absolute Gasteiger partial charge is 0.427 e. The SMILES string of the molecule is CC(C)(O)C(C)(C)O[B]c1ccc(C2CCCCC2)cc1. The lowest BCUT2D eigenvalue weighted by Crippen LogP contribution is -2.49. The first-order valence-corrected chi connectivity index (χ1v) is 8.13. The molecule has 0 heterocycles. The van der Waals surface area contributed by atoms with Crippen LogP contribution in [0.4, 0.5) is 0 Å². The minimum absolute atomic E-state index is 0.616. The highest BCUT2D eigenvalue weighted by atomic mass is 16.5. The van der Waals surface area contributed by atoms with Crippen LogP contribution in [0.3, 0.4) is 0 Å². The molecule has 1 aromatic carbocycles. The van der Waals surface area contributed by atoms with E-state index in [4.69, 9.17) is 4.65 Å². The first kappa shape index (κ1) is 16.6. The van der Waals surface area contributed by atoms with Gasteiger partial charge in [0.2, 0.25) is 0 Å². The van der Waals surface area contributed by atoms with Gasteiger partial charge in [-0.1, -0.05) is 49.0 Å². The first-order valence-electron chi connectivity index (χ1n) is 8.13. The summed E-state index contributed by atoms with van der Waals surface area (Å²) >= 11 is 0. The Hall–Kier alpha value is -0.795. The van der Waals surface area contributed by atoms with Gasteiger partial charge in [0.1, 0.15) is 0 Å². The highest BCUT2D eigenvalue weighted by Crippen LogP contribution is 2.32. The van der Waals surface area contributed by atoms with Crippen molar-refractivity contribution in [2.24, 2.45) is 0 Å². The normalized spacial score (nSPS) is 17.8. The predicted molar refractivity (Wildman–Crippen MR) is 89.1 cm³/mol. The van der Waals surface area contributed by atoms with E-state index in [1.807, 2.05) is 13.8 Å². The van der Waals surface area contributed by atoms with Crippen LogP contribution in [-0.2, 0) is 4.65 Å². The molecule has 2 rings (SSSR count). The van der Waals surface area contributed by atoms with Crippen molar-refractivity contribution in [2.75, 3.05) is 0 Å². The maximum absolute atomic E-state index is 10.1. The topological polar surface area (TPSA) is 29.5 Å². The number of hydrogen-bond donors (Lipinski definition) is 1. The van der Waals surface area contributed by atoms with Gasteiger partial charge in [0.05, 0.1) is 11.2 Å². The van der Waals surface area contributed by atoms with Gasteiger partial charge >= 0.3 is 7.48 Å². The van der Waals surface area contributed by atoms with Crippen molar-refractivity contribution >= 4 is 12.9 Å². The molecule has 1 saturated carbocycles. The van der Waals surface area contributed by atoms with Gasteiger partial charge in [-0.05, 0) is 52.0 Å². The second-order valence-corrected chi connectivity index (χ2v) is 7.31. The summed E-state index contributed by atoms with van der Waals surface area (Å²) in [7, 11) is 1.75. The van der Waals surface area contributed by atoms with E-state index in [0.717, 1.165) is 11.4 Å². The van der Waals surface area contributed by atoms with Crippen LogP contribution >= 0.6 is 0 Å². The van der Waals surface area contributed by atoms with Crippen molar-refractivity contribution in [3.8, 4) is 0 Å². The molecule has 0 amide bonds. The average Bonchev–Trinajstić information content (AvgIpc) is 2.45. The monoisotopic (exact) mass is 287 g/mol. The maximum atomic E-state index is 10.1. The Kier molecular flexibility index (Phi) is 5.16. The van der Waals surface area contributed by atoms with Crippen LogP contribution in [0, 0.1) is 0 Å². The third-order valence-electron chi connectivity index (χ3n) is 4.98. The third kappa shape index (κ3) is 4.34. The van der Waals surface area contributed by atoms with E-state index in [2.05, 4.69) is 24.3 Å². The van der Waals surface area contributed by atoms with E-state index >= 15 is 0 Å². The van der Waals surface area contributed by atoms with Crippen LogP contribution in [0.2, 0.25) is 0 Å². The van der Waals surface area contributed by atoms with E-state index in [0.29, 0.717) is 0 Å². The van der Waals surface area contributed by atoms with E-state index in [9.17, 15) is 5.11 Å². The molecular weight excluding hydrogens is 259 g/mol. The zero-order chi connectivity index (χ0) is 15.5. The smallest absolute Gasteiger partial charge is 0.330 e. The zero-order valence-electron chi connectivity index (χ0n) is 13.9. The highest BCUT2D eigenvalue weighted by Gasteiger charge is 2.35. The minimum Gasteiger partial charge on any atom is -0.427 e. The summed E-state index contributed by atoms with van der Waals surface area (Å²) in [5.41, 5.74) is 1.00. The second-order valence-electron chi connectivity index (χ2n) is 7.31. The fourth-order valence-electron chi connectivity index (χ4n) is 2.64. The summed E-state index contributed by atoms with van der Waals surface area (Å²) < 4.78 is 5.79. The summed E-state index contributed by atoms with van der Waals surface area (Å²) in [6, 6.07) is 8.68. The Bertz CT molecular complexity index is 439. The summed E-state index contributed by atoms with van der Waals surface area (Å²) in [6.45, 7) is 7.35. The van der Waals surface area contributed by atoms with Crippen LogP contribution < -0.4 is 5.46 Å². The molecule has 1 radical (unpaired) electrons. The molecule has 115 valence electrons. The highest BCUT2D eigenvalue weighted by molar-refractivity contribution is 6.47. The van der Waals surface area contributed by atoms with Crippen molar-refractivity contribution in [1.29, 1.82) is 0 Å². The standard InChI is InChI=1S/C18H28BO2/c1-17(2,20)18(3,4)21-19-16-12-10-15(11-13-16)14-8-6-5-7-9-14/h10-14,20H,5-9H2,1-4H3. The number of hydrogen-bond acceptors (Lipinski definition) is 2. The molecule has 0 aromatic heterocycles. The molecule has 2 nitrogen and oxygen atoms in total. The molecule has 21 heavy (non-hydrogen) atoms. The van der Waals surface area contributed by atoms with E-state index in [1.54, 1.807) is 21.3 Å². The van der Waals surface area contributed by atoms with Gasteiger partial charge in [-0.3, -0.25) is 0 Å². The van der Waals surface area contributed by atoms with E-state index in [1.165, 1.54) is 37.7 Å². The Morgan fingerprint density at radius 2 is 1.57 bits per heavy atom. The Morgan fingerprint density at radius 1 is 1.00 bits per heavy atom. The number of aliphatic hydroxyl groups is 1. The maximum Gasteiger partial charge on any atom is 0.330 e. The molecule has 0 saturated heterocycles. The van der Waals surface area contributed by atoms with Crippen LogP contribution in [-0.4, -0.2) is 23.8 Å². The minimum atomic E-state index is -0.883. The lowest BCUT2D eigenvalue weighted by molar-refractivity contribution is -0.0893. The molecule has 0 unspecified atom stereocenters. The molecule has 1 N–H and O–H groups in total. The van der Waals surface area contributed by atoms with Crippen molar-refractivity contribution < 1.29 is 9.76 Å². The molecular formula is C18H28BO2. The molecule has 0 bridgehead atoms. The van der Waals surface area contributed by atoms with Crippen LogP contribution in [0.25, 0.3) is 0 Å². The van der Waals surface area contributed by atoms with E-state index in [-0.39, 0.29) is 0 Å². The quantitative estimate of drug-likeness (QED) is 0.839. The van der Waals surface area contributed by atoms with Gasteiger partial charge in [-0.25, -0.2) is 0 Å². The Morgan fingerprint density at radius 3 is 2.10 bits per heavy atom.